The van der Waals surface area contributed by atoms with Crippen LogP contribution in [-0.4, -0.2) is 24.5 Å². The van der Waals surface area contributed by atoms with Gasteiger partial charge in [0.2, 0.25) is 0 Å². The van der Waals surface area contributed by atoms with E-state index in [1.165, 1.54) is 42.0 Å². The number of amides is 1. The summed E-state index contributed by atoms with van der Waals surface area (Å²) in [6.07, 6.45) is 6.54. The molecule has 1 amide bonds. The number of halogens is 1. The molecule has 0 bridgehead atoms. The third-order valence-corrected chi connectivity index (χ3v) is 5.85. The number of nitrogens with one attached hydrogen (secondary N) is 1. The molecule has 0 unspecified atom stereocenters. The maximum Gasteiger partial charge on any atom is 0.255 e. The van der Waals surface area contributed by atoms with E-state index in [4.69, 9.17) is 27.1 Å². The average Bonchev–Trinajstić information content (AvgIpc) is 3.03. The molecule has 25 heavy (non-hydrogen) atoms. The normalized spacial score (nSPS) is 13.4. The van der Waals surface area contributed by atoms with E-state index < -0.39 is 0 Å². The number of nitrogens with two attached hydrogens (primary N) is 1. The van der Waals surface area contributed by atoms with Crippen molar-refractivity contribution in [2.24, 2.45) is 0 Å². The highest BCUT2D eigenvalue weighted by Crippen LogP contribution is 2.29. The Hall–Kier alpha value is -1.79. The van der Waals surface area contributed by atoms with Gasteiger partial charge in [-0.1, -0.05) is 11.6 Å². The van der Waals surface area contributed by atoms with Crippen molar-refractivity contribution in [1.29, 1.82) is 0 Å². The monoisotopic (exact) mass is 379 g/mol. The van der Waals surface area contributed by atoms with Crippen LogP contribution >= 0.6 is 22.9 Å². The number of thiazole rings is 1. The Kier molecular flexibility index (Phi) is 5.81. The fourth-order valence-electron chi connectivity index (χ4n) is 2.96. The van der Waals surface area contributed by atoms with Gasteiger partial charge in [-0.15, -0.1) is 11.3 Å². The molecule has 1 aliphatic carbocycles. The zero-order chi connectivity index (χ0) is 17.8. The molecule has 3 rings (SSSR count). The van der Waals surface area contributed by atoms with Gasteiger partial charge < -0.3 is 15.8 Å². The van der Waals surface area contributed by atoms with E-state index in [9.17, 15) is 4.79 Å². The fourth-order valence-corrected chi connectivity index (χ4v) is 4.33. The molecule has 3 N–H and O–H groups in total. The number of benzene rings is 1. The molecule has 134 valence electrons. The molecule has 0 spiro atoms. The topological polar surface area (TPSA) is 77.2 Å². The smallest absolute Gasteiger partial charge is 0.255 e. The Balaban J connectivity index is 1.53. The van der Waals surface area contributed by atoms with Crippen LogP contribution in [-0.2, 0) is 19.3 Å². The quantitative estimate of drug-likeness (QED) is 0.593. The zero-order valence-electron chi connectivity index (χ0n) is 14.2. The van der Waals surface area contributed by atoms with Gasteiger partial charge in [-0.2, -0.15) is 0 Å². The number of carbonyl (C=O) groups excluding carboxylic acids is 1. The number of ether oxygens (including phenoxy) is 1. The lowest BCUT2D eigenvalue weighted by Crippen LogP contribution is -2.25. The standard InChI is InChI=1S/C18H22ClN3O2S/c1-24-15-10-13(20)12(19)9-11(15)18(23)21-8-4-7-17-22-14-5-2-3-6-16(14)25-17/h9-10H,2-8,20H2,1H3,(H,21,23). The Morgan fingerprint density at radius 3 is 2.96 bits per heavy atom. The highest BCUT2D eigenvalue weighted by molar-refractivity contribution is 7.11. The Morgan fingerprint density at radius 2 is 2.20 bits per heavy atom. The third-order valence-electron chi connectivity index (χ3n) is 4.31. The second-order valence-corrected chi connectivity index (χ2v) is 7.69. The summed E-state index contributed by atoms with van der Waals surface area (Å²) in [7, 11) is 1.50. The number of aromatic nitrogens is 1. The molecule has 1 heterocycles. The molecular formula is C18H22ClN3O2S. The maximum atomic E-state index is 12.4. The van der Waals surface area contributed by atoms with Gasteiger partial charge in [-0.3, -0.25) is 4.79 Å². The maximum absolute atomic E-state index is 12.4. The first-order valence-electron chi connectivity index (χ1n) is 8.47. The number of nitrogen functional groups attached to an aromatic ring is 1. The van der Waals surface area contributed by atoms with Crippen molar-refractivity contribution >= 4 is 34.5 Å². The second kappa shape index (κ2) is 8.06. The third kappa shape index (κ3) is 4.25. The molecular weight excluding hydrogens is 358 g/mol. The lowest BCUT2D eigenvalue weighted by molar-refractivity contribution is 0.0950. The van der Waals surface area contributed by atoms with Gasteiger partial charge in [0.25, 0.3) is 5.91 Å². The number of aryl methyl sites for hydroxylation is 3. The molecule has 0 atom stereocenters. The number of fused-ring (bicyclic) bond motifs is 1. The highest BCUT2D eigenvalue weighted by atomic mass is 35.5. The second-order valence-electron chi connectivity index (χ2n) is 6.12. The summed E-state index contributed by atoms with van der Waals surface area (Å²) in [6, 6.07) is 3.11. The summed E-state index contributed by atoms with van der Waals surface area (Å²) in [5.74, 6) is 0.212. The minimum atomic E-state index is -0.211. The molecule has 2 aromatic rings. The molecule has 0 radical (unpaired) electrons. The number of carbonyl (C=O) groups is 1. The van der Waals surface area contributed by atoms with Gasteiger partial charge >= 0.3 is 0 Å². The first kappa shape index (κ1) is 18.0. The van der Waals surface area contributed by atoms with Crippen molar-refractivity contribution in [2.45, 2.75) is 38.5 Å². The predicted octanol–water partition coefficient (Wildman–Crippen LogP) is 3.63. The molecule has 0 aliphatic heterocycles. The van der Waals surface area contributed by atoms with Gasteiger partial charge in [0.05, 0.1) is 34.1 Å². The van der Waals surface area contributed by atoms with Gasteiger partial charge in [-0.05, 0) is 38.2 Å². The summed E-state index contributed by atoms with van der Waals surface area (Å²) in [5.41, 5.74) is 7.82. The van der Waals surface area contributed by atoms with E-state index >= 15 is 0 Å². The first-order valence-corrected chi connectivity index (χ1v) is 9.66. The van der Waals surface area contributed by atoms with Gasteiger partial charge in [0, 0.05) is 23.9 Å². The number of hydrogen-bond acceptors (Lipinski definition) is 5. The SMILES string of the molecule is COc1cc(N)c(Cl)cc1C(=O)NCCCc1nc2c(s1)CCCC2. The van der Waals surface area contributed by atoms with E-state index in [0.717, 1.165) is 19.3 Å². The molecule has 1 aromatic carbocycles. The van der Waals surface area contributed by atoms with Gasteiger partial charge in [-0.25, -0.2) is 4.98 Å². The highest BCUT2D eigenvalue weighted by Gasteiger charge is 2.16. The minimum absolute atomic E-state index is 0.211. The molecule has 0 saturated heterocycles. The van der Waals surface area contributed by atoms with E-state index in [1.54, 1.807) is 12.1 Å². The Morgan fingerprint density at radius 1 is 1.40 bits per heavy atom. The van der Waals surface area contributed by atoms with Crippen molar-refractivity contribution < 1.29 is 9.53 Å². The molecule has 1 aromatic heterocycles. The van der Waals surface area contributed by atoms with Crippen LogP contribution in [0.2, 0.25) is 5.02 Å². The lowest BCUT2D eigenvalue weighted by Gasteiger charge is -2.11. The number of nitrogens with zero attached hydrogens (tertiary/aromatic N) is 1. The van der Waals surface area contributed by atoms with Crippen LogP contribution in [0.5, 0.6) is 5.75 Å². The van der Waals surface area contributed by atoms with Crippen molar-refractivity contribution in [3.8, 4) is 5.75 Å². The summed E-state index contributed by atoms with van der Waals surface area (Å²) in [6.45, 7) is 0.578. The van der Waals surface area contributed by atoms with Crippen molar-refractivity contribution in [3.05, 3.63) is 38.3 Å². The summed E-state index contributed by atoms with van der Waals surface area (Å²) >= 11 is 7.84. The van der Waals surface area contributed by atoms with E-state index in [1.807, 2.05) is 11.3 Å². The van der Waals surface area contributed by atoms with Crippen LogP contribution in [0.4, 0.5) is 5.69 Å². The fraction of sp³-hybridized carbons (Fsp3) is 0.444. The molecule has 0 fully saturated rings. The van der Waals surface area contributed by atoms with E-state index in [0.29, 0.717) is 28.6 Å². The summed E-state index contributed by atoms with van der Waals surface area (Å²) in [5, 5.41) is 4.43. The minimum Gasteiger partial charge on any atom is -0.496 e. The number of hydrogen-bond donors (Lipinski definition) is 2. The molecule has 5 nitrogen and oxygen atoms in total. The molecule has 7 heteroatoms. The number of rotatable bonds is 6. The predicted molar refractivity (Wildman–Crippen MR) is 102 cm³/mol. The number of anilines is 1. The van der Waals surface area contributed by atoms with Gasteiger partial charge in [0.1, 0.15) is 5.75 Å². The molecule has 1 aliphatic rings. The zero-order valence-corrected chi connectivity index (χ0v) is 15.8. The van der Waals surface area contributed by atoms with Crippen molar-refractivity contribution in [1.82, 2.24) is 10.3 Å². The van der Waals surface area contributed by atoms with Crippen LogP contribution in [0.15, 0.2) is 12.1 Å². The van der Waals surface area contributed by atoms with Crippen LogP contribution in [0.3, 0.4) is 0 Å². The average molecular weight is 380 g/mol. The van der Waals surface area contributed by atoms with Crippen LogP contribution < -0.4 is 15.8 Å². The van der Waals surface area contributed by atoms with Crippen LogP contribution in [0.25, 0.3) is 0 Å². The van der Waals surface area contributed by atoms with Crippen molar-refractivity contribution in [3.63, 3.8) is 0 Å². The van der Waals surface area contributed by atoms with E-state index in [-0.39, 0.29) is 5.91 Å². The van der Waals surface area contributed by atoms with Crippen molar-refractivity contribution in [2.75, 3.05) is 19.4 Å². The largest absolute Gasteiger partial charge is 0.496 e. The lowest BCUT2D eigenvalue weighted by atomic mass is 10.0. The number of methoxy groups -OCH3 is 1. The van der Waals surface area contributed by atoms with Crippen LogP contribution in [0, 0.1) is 0 Å². The first-order chi connectivity index (χ1) is 12.1. The summed E-state index contributed by atoms with van der Waals surface area (Å²) < 4.78 is 5.22. The Bertz CT molecular complexity index is 752. The van der Waals surface area contributed by atoms with E-state index in [2.05, 4.69) is 5.32 Å². The van der Waals surface area contributed by atoms with Gasteiger partial charge in [0.15, 0.2) is 0 Å². The Labute approximate surface area is 156 Å². The summed E-state index contributed by atoms with van der Waals surface area (Å²) in [4.78, 5) is 18.5. The van der Waals surface area contributed by atoms with Crippen LogP contribution in [0.1, 0.15) is 45.2 Å². The molecule has 0 saturated carbocycles.